The van der Waals surface area contributed by atoms with Gasteiger partial charge in [0, 0.05) is 58.6 Å². The molecule has 0 spiro atoms. The number of anilines is 1. The molecular formula is C61H67N2O+. The first kappa shape index (κ1) is 43.3. The quantitative estimate of drug-likeness (QED) is 0.121. The van der Waals surface area contributed by atoms with Gasteiger partial charge in [0.25, 0.3) is 0 Å². The molecular weight excluding hydrogens is 777 g/mol. The van der Waals surface area contributed by atoms with Crippen LogP contribution < -0.4 is 9.64 Å². The molecule has 3 heteroatoms. The van der Waals surface area contributed by atoms with Crippen molar-refractivity contribution in [1.82, 2.24) is 0 Å². The minimum atomic E-state index is -0.212. The Kier molecular flexibility index (Phi) is 11.0. The van der Waals surface area contributed by atoms with Crippen molar-refractivity contribution in [3.63, 3.8) is 0 Å². The molecule has 0 bridgehead atoms. The van der Waals surface area contributed by atoms with Gasteiger partial charge in [-0.25, -0.2) is 0 Å². The Labute approximate surface area is 383 Å². The molecule has 0 amide bonds. The molecule has 9 rings (SSSR count). The van der Waals surface area contributed by atoms with Gasteiger partial charge in [-0.1, -0.05) is 153 Å². The third-order valence-electron chi connectivity index (χ3n) is 14.0. The van der Waals surface area contributed by atoms with Crippen molar-refractivity contribution in [2.75, 3.05) is 18.0 Å². The van der Waals surface area contributed by atoms with E-state index in [0.29, 0.717) is 0 Å². The van der Waals surface area contributed by atoms with Crippen LogP contribution in [0.3, 0.4) is 0 Å². The lowest BCUT2D eigenvalue weighted by atomic mass is 9.72. The molecule has 326 valence electrons. The number of allylic oxidation sites excluding steroid dienone is 7. The van der Waals surface area contributed by atoms with Gasteiger partial charge in [0.05, 0.1) is 5.41 Å². The predicted octanol–water partition coefficient (Wildman–Crippen LogP) is 16.0. The highest BCUT2D eigenvalue weighted by atomic mass is 16.5. The topological polar surface area (TPSA) is 15.5 Å². The fourth-order valence-electron chi connectivity index (χ4n) is 11.6. The largest absolute Gasteiger partial charge is 0.456 e. The third-order valence-corrected chi connectivity index (χ3v) is 14.0. The van der Waals surface area contributed by atoms with Gasteiger partial charge >= 0.3 is 0 Å². The molecule has 0 N–H and O–H groups in total. The van der Waals surface area contributed by atoms with E-state index < -0.39 is 0 Å². The Hall–Kier alpha value is -5.93. The van der Waals surface area contributed by atoms with Crippen LogP contribution in [0.25, 0.3) is 32.7 Å². The van der Waals surface area contributed by atoms with Crippen LogP contribution in [-0.2, 0) is 16.2 Å². The molecule has 0 radical (unpaired) electrons. The second-order valence-electron chi connectivity index (χ2n) is 21.3. The molecule has 1 aliphatic carbocycles. The summed E-state index contributed by atoms with van der Waals surface area (Å²) < 4.78 is 9.83. The van der Waals surface area contributed by atoms with Crippen molar-refractivity contribution in [2.24, 2.45) is 5.41 Å². The standard InChI is InChI=1S/C61H67N2O/c1-12-38-62-51-34-26-41-20-14-16-22-45(41)55(51)60(8,9)53(62)36-32-49-47-24-18-19-25-48(47)50(57(49)64-44-30-28-43(29-31-44)59(6,7)40-58(3,4)5)33-37-54-61(10,11)56-46-23-17-15-21-42(46)27-35-52(56)63(54)39-13-2/h14-37H,12-13,38-40H2,1-11H3/q+1. The van der Waals surface area contributed by atoms with Crippen molar-refractivity contribution in [2.45, 2.75) is 112 Å². The summed E-state index contributed by atoms with van der Waals surface area (Å²) in [4.78, 5) is 2.56. The molecule has 0 atom stereocenters. The SMILES string of the molecule is CCCN1/C(=C/C=C2C(Oc3ccc(C(C)(C)CC(C)(C)C)cc3)=C(/C=C/C3=[N+](CCC)c4ccc5ccccc5c4C3(C)C)c3ccccc3/2)C(C)(C)c2c1ccc1ccccc21. The van der Waals surface area contributed by atoms with Gasteiger partial charge in [0.1, 0.15) is 18.1 Å². The molecule has 0 fully saturated rings. The second kappa shape index (κ2) is 16.3. The summed E-state index contributed by atoms with van der Waals surface area (Å²) in [6.45, 7) is 27.8. The maximum Gasteiger partial charge on any atom is 0.210 e. The molecule has 2 heterocycles. The van der Waals surface area contributed by atoms with E-state index in [1.165, 1.54) is 72.1 Å². The third kappa shape index (κ3) is 7.45. The van der Waals surface area contributed by atoms with Gasteiger partial charge in [-0.05, 0) is 124 Å². The van der Waals surface area contributed by atoms with Gasteiger partial charge in [-0.15, -0.1) is 0 Å². The number of hydrogen-bond donors (Lipinski definition) is 0. The van der Waals surface area contributed by atoms with Crippen molar-refractivity contribution < 1.29 is 9.31 Å². The second-order valence-corrected chi connectivity index (χ2v) is 21.3. The van der Waals surface area contributed by atoms with E-state index in [2.05, 4.69) is 231 Å². The fraction of sp³-hybridized carbons (Fsp3) is 0.328. The summed E-state index contributed by atoms with van der Waals surface area (Å²) in [6.07, 6.45) is 12.7. The number of fused-ring (bicyclic) bond motifs is 7. The zero-order valence-corrected chi connectivity index (χ0v) is 40.2. The van der Waals surface area contributed by atoms with Crippen molar-refractivity contribution in [3.8, 4) is 5.75 Å². The minimum absolute atomic E-state index is 0.0325. The Balaban J connectivity index is 1.21. The fourth-order valence-corrected chi connectivity index (χ4v) is 11.6. The van der Waals surface area contributed by atoms with Crippen LogP contribution in [0.2, 0.25) is 0 Å². The van der Waals surface area contributed by atoms with Crippen LogP contribution in [0.15, 0.2) is 157 Å². The molecule has 3 nitrogen and oxygen atoms in total. The smallest absolute Gasteiger partial charge is 0.210 e. The normalized spacial score (nSPS) is 18.0. The van der Waals surface area contributed by atoms with E-state index in [-0.39, 0.29) is 21.7 Å². The number of rotatable bonds is 11. The Morgan fingerprint density at radius 2 is 1.25 bits per heavy atom. The van der Waals surface area contributed by atoms with Gasteiger partial charge in [0.15, 0.2) is 5.71 Å². The van der Waals surface area contributed by atoms with Crippen molar-refractivity contribution in [3.05, 3.63) is 185 Å². The van der Waals surface area contributed by atoms with Gasteiger partial charge < -0.3 is 9.64 Å². The summed E-state index contributed by atoms with van der Waals surface area (Å²) >= 11 is 0. The van der Waals surface area contributed by atoms with E-state index in [0.717, 1.165) is 55.0 Å². The van der Waals surface area contributed by atoms with Gasteiger partial charge in [0.2, 0.25) is 5.69 Å². The van der Waals surface area contributed by atoms with E-state index >= 15 is 0 Å². The average molecular weight is 844 g/mol. The first-order valence-corrected chi connectivity index (χ1v) is 23.8. The number of ether oxygens (including phenoxy) is 1. The highest BCUT2D eigenvalue weighted by Crippen LogP contribution is 2.52. The lowest BCUT2D eigenvalue weighted by Gasteiger charge is -2.33. The molecule has 3 aliphatic rings. The Morgan fingerprint density at radius 1 is 0.625 bits per heavy atom. The maximum atomic E-state index is 7.27. The van der Waals surface area contributed by atoms with Gasteiger partial charge in [-0.2, -0.15) is 4.58 Å². The number of benzene rings is 6. The van der Waals surface area contributed by atoms with Crippen molar-refractivity contribution in [1.29, 1.82) is 0 Å². The van der Waals surface area contributed by atoms with Crippen molar-refractivity contribution >= 4 is 49.8 Å². The van der Waals surface area contributed by atoms with Crippen LogP contribution in [-0.4, -0.2) is 23.4 Å². The van der Waals surface area contributed by atoms with Crippen LogP contribution in [0.1, 0.15) is 123 Å². The lowest BCUT2D eigenvalue weighted by molar-refractivity contribution is -0.437. The minimum Gasteiger partial charge on any atom is -0.456 e. The molecule has 0 unspecified atom stereocenters. The molecule has 2 aliphatic heterocycles. The van der Waals surface area contributed by atoms with E-state index in [4.69, 9.17) is 4.74 Å². The van der Waals surface area contributed by atoms with Crippen LogP contribution in [0.5, 0.6) is 5.75 Å². The number of hydrogen-bond acceptors (Lipinski definition) is 2. The molecule has 0 aromatic heterocycles. The molecule has 6 aromatic carbocycles. The molecule has 0 saturated carbocycles. The average Bonchev–Trinajstić information content (AvgIpc) is 3.76. The highest BCUT2D eigenvalue weighted by Gasteiger charge is 2.46. The Morgan fingerprint density at radius 3 is 1.91 bits per heavy atom. The maximum absolute atomic E-state index is 7.27. The van der Waals surface area contributed by atoms with Crippen LogP contribution in [0.4, 0.5) is 11.4 Å². The van der Waals surface area contributed by atoms with E-state index in [1.807, 2.05) is 0 Å². The Bertz CT molecular complexity index is 2960. The monoisotopic (exact) mass is 844 g/mol. The first-order chi connectivity index (χ1) is 30.5. The predicted molar refractivity (Wildman–Crippen MR) is 274 cm³/mol. The first-order valence-electron chi connectivity index (χ1n) is 23.8. The molecule has 0 saturated heterocycles. The van der Waals surface area contributed by atoms with E-state index in [9.17, 15) is 0 Å². The summed E-state index contributed by atoms with van der Waals surface area (Å²) in [5.74, 6) is 1.73. The highest BCUT2D eigenvalue weighted by molar-refractivity contribution is 6.10. The molecule has 6 aromatic rings. The summed E-state index contributed by atoms with van der Waals surface area (Å²) in [6, 6.07) is 44.7. The zero-order chi connectivity index (χ0) is 45.2. The van der Waals surface area contributed by atoms with E-state index in [1.54, 1.807) is 0 Å². The molecule has 64 heavy (non-hydrogen) atoms. The van der Waals surface area contributed by atoms with Crippen LogP contribution >= 0.6 is 0 Å². The summed E-state index contributed by atoms with van der Waals surface area (Å²) in [5.41, 5.74) is 13.8. The summed E-state index contributed by atoms with van der Waals surface area (Å²) in [7, 11) is 0. The summed E-state index contributed by atoms with van der Waals surface area (Å²) in [5, 5.41) is 5.24. The number of nitrogens with zero attached hydrogens (tertiary/aromatic N) is 2. The lowest BCUT2D eigenvalue weighted by Crippen LogP contribution is -2.28. The zero-order valence-electron chi connectivity index (χ0n) is 40.2. The van der Waals surface area contributed by atoms with Crippen LogP contribution in [0, 0.1) is 5.41 Å². The van der Waals surface area contributed by atoms with Gasteiger partial charge in [-0.3, -0.25) is 0 Å².